The number of aryl methyl sites for hydroxylation is 1. The van der Waals surface area contributed by atoms with Crippen molar-refractivity contribution < 1.29 is 4.39 Å². The molecule has 21 heavy (non-hydrogen) atoms. The van der Waals surface area contributed by atoms with Crippen LogP contribution >= 0.6 is 11.8 Å². The lowest BCUT2D eigenvalue weighted by Gasteiger charge is -2.42. The van der Waals surface area contributed by atoms with Crippen LogP contribution in [0.5, 0.6) is 0 Å². The van der Waals surface area contributed by atoms with Gasteiger partial charge in [0.25, 0.3) is 0 Å². The van der Waals surface area contributed by atoms with E-state index in [1.165, 1.54) is 24.0 Å². The molecule has 1 aliphatic carbocycles. The summed E-state index contributed by atoms with van der Waals surface area (Å²) in [6.45, 7) is 0. The summed E-state index contributed by atoms with van der Waals surface area (Å²) in [5.41, 5.74) is 3.95. The molecule has 4 rings (SSSR count). The Morgan fingerprint density at radius 3 is 2.52 bits per heavy atom. The SMILES string of the molecule is Fc1ccccc1[C@H]1SCC[C@H]2c3ccccc3CC[C@H]12. The maximum absolute atomic E-state index is 14.2. The Kier molecular flexibility index (Phi) is 3.50. The van der Waals surface area contributed by atoms with E-state index >= 15 is 0 Å². The van der Waals surface area contributed by atoms with Crippen LogP contribution in [0.3, 0.4) is 0 Å². The van der Waals surface area contributed by atoms with Gasteiger partial charge in [0.2, 0.25) is 0 Å². The van der Waals surface area contributed by atoms with Gasteiger partial charge in [0, 0.05) is 10.8 Å². The minimum absolute atomic E-state index is 0.0329. The Balaban J connectivity index is 1.72. The van der Waals surface area contributed by atoms with E-state index in [4.69, 9.17) is 0 Å². The Morgan fingerprint density at radius 1 is 0.905 bits per heavy atom. The number of rotatable bonds is 1. The standard InChI is InChI=1S/C19H19FS/c20-18-8-4-3-7-17(18)19-16-10-9-13-5-1-2-6-14(13)15(16)11-12-21-19/h1-8,15-16,19H,9-12H2/t15-,16-,19-/m0/s1. The first-order chi connectivity index (χ1) is 10.3. The van der Waals surface area contributed by atoms with Crippen molar-refractivity contribution >= 4 is 11.8 Å². The van der Waals surface area contributed by atoms with Crippen LogP contribution in [0.25, 0.3) is 0 Å². The number of fused-ring (bicyclic) bond motifs is 3. The molecular weight excluding hydrogens is 279 g/mol. The highest BCUT2D eigenvalue weighted by molar-refractivity contribution is 7.99. The summed E-state index contributed by atoms with van der Waals surface area (Å²) in [7, 11) is 0. The fraction of sp³-hybridized carbons (Fsp3) is 0.368. The molecule has 0 amide bonds. The van der Waals surface area contributed by atoms with E-state index in [2.05, 4.69) is 24.3 Å². The lowest BCUT2D eigenvalue weighted by molar-refractivity contribution is 0.342. The van der Waals surface area contributed by atoms with Gasteiger partial charge in [0.15, 0.2) is 0 Å². The quantitative estimate of drug-likeness (QED) is 0.684. The van der Waals surface area contributed by atoms with Gasteiger partial charge in [0.05, 0.1) is 0 Å². The molecule has 0 nitrogen and oxygen atoms in total. The van der Waals surface area contributed by atoms with Crippen molar-refractivity contribution in [1.29, 1.82) is 0 Å². The Morgan fingerprint density at radius 2 is 1.67 bits per heavy atom. The molecule has 2 aromatic carbocycles. The largest absolute Gasteiger partial charge is 0.207 e. The van der Waals surface area contributed by atoms with Gasteiger partial charge >= 0.3 is 0 Å². The summed E-state index contributed by atoms with van der Waals surface area (Å²) < 4.78 is 14.2. The molecule has 0 radical (unpaired) electrons. The molecule has 1 aliphatic heterocycles. The predicted molar refractivity (Wildman–Crippen MR) is 87.2 cm³/mol. The van der Waals surface area contributed by atoms with Gasteiger partial charge < -0.3 is 0 Å². The van der Waals surface area contributed by atoms with Gasteiger partial charge in [0.1, 0.15) is 5.82 Å². The summed E-state index contributed by atoms with van der Waals surface area (Å²) in [4.78, 5) is 0. The van der Waals surface area contributed by atoms with Crippen LogP contribution in [-0.4, -0.2) is 5.75 Å². The molecule has 3 atom stereocenters. The van der Waals surface area contributed by atoms with Crippen LogP contribution in [0, 0.1) is 11.7 Å². The van der Waals surface area contributed by atoms with Gasteiger partial charge in [-0.3, -0.25) is 0 Å². The zero-order valence-electron chi connectivity index (χ0n) is 12.0. The van der Waals surface area contributed by atoms with Crippen LogP contribution in [0.4, 0.5) is 4.39 Å². The lowest BCUT2D eigenvalue weighted by atomic mass is 9.71. The molecule has 2 aromatic rings. The highest BCUT2D eigenvalue weighted by Gasteiger charge is 2.39. The summed E-state index contributed by atoms with van der Waals surface area (Å²) in [5, 5.41) is 0.318. The van der Waals surface area contributed by atoms with E-state index in [0.29, 0.717) is 17.1 Å². The fourth-order valence-electron chi connectivity index (χ4n) is 4.08. The molecule has 2 heteroatoms. The van der Waals surface area contributed by atoms with Gasteiger partial charge in [-0.05, 0) is 54.0 Å². The van der Waals surface area contributed by atoms with E-state index in [1.807, 2.05) is 23.9 Å². The minimum Gasteiger partial charge on any atom is -0.207 e. The van der Waals surface area contributed by atoms with Gasteiger partial charge in [-0.15, -0.1) is 0 Å². The van der Waals surface area contributed by atoms with Crippen LogP contribution in [0.15, 0.2) is 48.5 Å². The van der Waals surface area contributed by atoms with Crippen LogP contribution in [0.2, 0.25) is 0 Å². The number of hydrogen-bond acceptors (Lipinski definition) is 1. The predicted octanol–water partition coefficient (Wildman–Crippen LogP) is 5.35. The topological polar surface area (TPSA) is 0 Å². The molecule has 1 saturated heterocycles. The third-order valence-corrected chi connectivity index (χ3v) is 6.48. The van der Waals surface area contributed by atoms with Gasteiger partial charge in [-0.2, -0.15) is 11.8 Å². The van der Waals surface area contributed by atoms with E-state index < -0.39 is 0 Å². The van der Waals surface area contributed by atoms with Crippen LogP contribution in [0.1, 0.15) is 40.7 Å². The second kappa shape index (κ2) is 5.49. The molecule has 0 unspecified atom stereocenters. The Labute approximate surface area is 129 Å². The molecule has 0 saturated carbocycles. The monoisotopic (exact) mass is 298 g/mol. The van der Waals surface area contributed by atoms with E-state index in [1.54, 1.807) is 12.1 Å². The highest BCUT2D eigenvalue weighted by Crippen LogP contribution is 2.54. The average molecular weight is 298 g/mol. The van der Waals surface area contributed by atoms with E-state index in [9.17, 15) is 4.39 Å². The third kappa shape index (κ3) is 2.30. The number of hydrogen-bond donors (Lipinski definition) is 0. The lowest BCUT2D eigenvalue weighted by Crippen LogP contribution is -2.29. The van der Waals surface area contributed by atoms with Crippen molar-refractivity contribution in [2.45, 2.75) is 30.4 Å². The second-order valence-corrected chi connectivity index (χ2v) is 7.36. The molecule has 2 aliphatic rings. The molecule has 0 bridgehead atoms. The zero-order chi connectivity index (χ0) is 14.2. The van der Waals surface area contributed by atoms with Crippen molar-refractivity contribution in [1.82, 2.24) is 0 Å². The van der Waals surface area contributed by atoms with Crippen molar-refractivity contribution in [3.05, 3.63) is 71.0 Å². The molecule has 0 spiro atoms. The first-order valence-electron chi connectivity index (χ1n) is 7.78. The van der Waals surface area contributed by atoms with E-state index in [-0.39, 0.29) is 5.82 Å². The smallest absolute Gasteiger partial charge is 0.127 e. The Hall–Kier alpha value is -1.28. The van der Waals surface area contributed by atoms with Crippen molar-refractivity contribution in [3.63, 3.8) is 0 Å². The van der Waals surface area contributed by atoms with Gasteiger partial charge in [-0.25, -0.2) is 4.39 Å². The first-order valence-corrected chi connectivity index (χ1v) is 8.83. The molecular formula is C19H19FS. The summed E-state index contributed by atoms with van der Waals surface area (Å²) >= 11 is 1.95. The van der Waals surface area contributed by atoms with Crippen molar-refractivity contribution in [3.8, 4) is 0 Å². The summed E-state index contributed by atoms with van der Waals surface area (Å²) in [6, 6.07) is 16.2. The number of thioether (sulfide) groups is 1. The van der Waals surface area contributed by atoms with Gasteiger partial charge in [-0.1, -0.05) is 42.5 Å². The number of halogens is 1. The van der Waals surface area contributed by atoms with Crippen molar-refractivity contribution in [2.24, 2.45) is 5.92 Å². The third-order valence-electron chi connectivity index (χ3n) is 5.05. The summed E-state index contributed by atoms with van der Waals surface area (Å²) in [6.07, 6.45) is 3.56. The van der Waals surface area contributed by atoms with Crippen LogP contribution < -0.4 is 0 Å². The Bertz CT molecular complexity index is 652. The summed E-state index contributed by atoms with van der Waals surface area (Å²) in [5.74, 6) is 2.29. The maximum atomic E-state index is 14.2. The fourth-order valence-corrected chi connectivity index (χ4v) is 5.67. The maximum Gasteiger partial charge on any atom is 0.127 e. The average Bonchev–Trinajstić information content (AvgIpc) is 2.55. The minimum atomic E-state index is -0.0329. The van der Waals surface area contributed by atoms with Crippen molar-refractivity contribution in [2.75, 3.05) is 5.75 Å². The highest BCUT2D eigenvalue weighted by atomic mass is 32.2. The second-order valence-electron chi connectivity index (χ2n) is 6.11. The van der Waals surface area contributed by atoms with E-state index in [0.717, 1.165) is 17.7 Å². The molecule has 0 aromatic heterocycles. The normalized spacial score (nSPS) is 27.8. The number of benzene rings is 2. The first kappa shape index (κ1) is 13.4. The molecule has 108 valence electrons. The molecule has 1 fully saturated rings. The molecule has 1 heterocycles. The zero-order valence-corrected chi connectivity index (χ0v) is 12.8. The van der Waals surface area contributed by atoms with Crippen LogP contribution in [-0.2, 0) is 6.42 Å². The molecule has 0 N–H and O–H groups in total.